The average Bonchev–Trinajstić information content (AvgIpc) is 2.23. The van der Waals surface area contributed by atoms with E-state index >= 15 is 0 Å². The van der Waals surface area contributed by atoms with Gasteiger partial charge in [0.1, 0.15) is 6.54 Å². The molecule has 2 N–H and O–H groups in total. The van der Waals surface area contributed by atoms with E-state index in [4.69, 9.17) is 5.11 Å². The first-order chi connectivity index (χ1) is 7.90. The summed E-state index contributed by atoms with van der Waals surface area (Å²) < 4.78 is 0. The van der Waals surface area contributed by atoms with Crippen molar-refractivity contribution in [1.82, 2.24) is 20.0 Å². The number of nitrogens with one attached hydrogen (secondary N) is 1. The van der Waals surface area contributed by atoms with Gasteiger partial charge in [0.2, 0.25) is 5.91 Å². The third kappa shape index (κ3) is 3.91. The fourth-order valence-electron chi connectivity index (χ4n) is 1.59. The molecule has 0 spiro atoms. The van der Waals surface area contributed by atoms with Gasteiger partial charge < -0.3 is 20.2 Å². The number of hydrogen-bond acceptors (Lipinski definition) is 4. The molecule has 0 aromatic heterocycles. The van der Waals surface area contributed by atoms with Crippen LogP contribution in [0.1, 0.15) is 0 Å². The van der Waals surface area contributed by atoms with E-state index < -0.39 is 12.5 Å². The Hall–Kier alpha value is -1.83. The molecule has 96 valence electrons. The Kier molecular flexibility index (Phi) is 4.27. The Balaban J connectivity index is 2.39. The molecule has 1 saturated heterocycles. The van der Waals surface area contributed by atoms with Crippen LogP contribution in [0.3, 0.4) is 0 Å². The van der Waals surface area contributed by atoms with E-state index in [0.29, 0.717) is 13.3 Å². The van der Waals surface area contributed by atoms with Crippen molar-refractivity contribution in [2.45, 2.75) is 0 Å². The minimum Gasteiger partial charge on any atom is -0.480 e. The second-order valence-corrected chi connectivity index (χ2v) is 3.96. The van der Waals surface area contributed by atoms with Gasteiger partial charge in [0.25, 0.3) is 0 Å². The Bertz CT molecular complexity index is 319. The van der Waals surface area contributed by atoms with Crippen LogP contribution in [0.15, 0.2) is 0 Å². The molecule has 0 aliphatic carbocycles. The standard InChI is InChI=1S/C9H16N4O4/c1-11-5-13(6-12(2)9(11)17)4-7(14)10-3-8(15)16/h3-6H2,1-2H3,(H,10,14)(H,15,16). The number of rotatable bonds is 4. The first-order valence-corrected chi connectivity index (χ1v) is 5.07. The summed E-state index contributed by atoms with van der Waals surface area (Å²) in [5.74, 6) is -1.45. The molecular formula is C9H16N4O4. The number of carbonyl (C=O) groups is 3. The van der Waals surface area contributed by atoms with Crippen LogP contribution < -0.4 is 5.32 Å². The van der Waals surface area contributed by atoms with Crippen molar-refractivity contribution in [1.29, 1.82) is 0 Å². The third-order valence-corrected chi connectivity index (χ3v) is 2.28. The van der Waals surface area contributed by atoms with E-state index in [0.717, 1.165) is 0 Å². The zero-order chi connectivity index (χ0) is 13.0. The summed E-state index contributed by atoms with van der Waals surface area (Å²) in [6.45, 7) is 0.375. The summed E-state index contributed by atoms with van der Waals surface area (Å²) >= 11 is 0. The molecule has 0 saturated carbocycles. The molecule has 0 aromatic carbocycles. The molecule has 1 aliphatic rings. The van der Waals surface area contributed by atoms with Crippen LogP contribution in [0, 0.1) is 0 Å². The molecule has 0 atom stereocenters. The maximum absolute atomic E-state index is 11.4. The highest BCUT2D eigenvalue weighted by atomic mass is 16.4. The lowest BCUT2D eigenvalue weighted by molar-refractivity contribution is -0.138. The quantitative estimate of drug-likeness (QED) is 0.621. The number of aliphatic carboxylic acids is 1. The summed E-state index contributed by atoms with van der Waals surface area (Å²) in [5, 5.41) is 10.7. The monoisotopic (exact) mass is 244 g/mol. The Morgan fingerprint density at radius 1 is 1.29 bits per heavy atom. The van der Waals surface area contributed by atoms with E-state index in [1.54, 1.807) is 19.0 Å². The van der Waals surface area contributed by atoms with Crippen LogP contribution in [0.5, 0.6) is 0 Å². The van der Waals surface area contributed by atoms with Crippen LogP contribution >= 0.6 is 0 Å². The lowest BCUT2D eigenvalue weighted by Gasteiger charge is -2.38. The number of nitrogens with zero attached hydrogens (tertiary/aromatic N) is 3. The Labute approximate surface area is 98.8 Å². The van der Waals surface area contributed by atoms with Gasteiger partial charge in [0.05, 0.1) is 19.9 Å². The molecule has 1 rings (SSSR count). The van der Waals surface area contributed by atoms with E-state index in [1.807, 2.05) is 0 Å². The van der Waals surface area contributed by atoms with Gasteiger partial charge in [-0.05, 0) is 0 Å². The van der Waals surface area contributed by atoms with Gasteiger partial charge in [-0.25, -0.2) is 4.79 Å². The number of amides is 3. The van der Waals surface area contributed by atoms with E-state index in [-0.39, 0.29) is 18.5 Å². The van der Waals surface area contributed by atoms with E-state index in [2.05, 4.69) is 5.32 Å². The third-order valence-electron chi connectivity index (χ3n) is 2.28. The van der Waals surface area contributed by atoms with Crippen LogP contribution in [0.25, 0.3) is 0 Å². The summed E-state index contributed by atoms with van der Waals surface area (Å²) in [4.78, 5) is 37.7. The predicted octanol–water partition coefficient (Wildman–Crippen LogP) is -1.60. The summed E-state index contributed by atoms with van der Waals surface area (Å²) in [6.07, 6.45) is 0. The van der Waals surface area contributed by atoms with E-state index in [1.165, 1.54) is 9.80 Å². The van der Waals surface area contributed by atoms with E-state index in [9.17, 15) is 14.4 Å². The molecule has 0 radical (unpaired) electrons. The van der Waals surface area contributed by atoms with Crippen LogP contribution in [-0.4, -0.2) is 78.2 Å². The van der Waals surface area contributed by atoms with Gasteiger partial charge >= 0.3 is 12.0 Å². The van der Waals surface area contributed by atoms with Crippen molar-refractivity contribution in [2.24, 2.45) is 0 Å². The fraction of sp³-hybridized carbons (Fsp3) is 0.667. The van der Waals surface area contributed by atoms with Gasteiger partial charge in [0.15, 0.2) is 0 Å². The molecular weight excluding hydrogens is 228 g/mol. The van der Waals surface area contributed by atoms with Crippen molar-refractivity contribution < 1.29 is 19.5 Å². The van der Waals surface area contributed by atoms with Gasteiger partial charge in [-0.1, -0.05) is 0 Å². The van der Waals surface area contributed by atoms with Gasteiger partial charge in [-0.2, -0.15) is 0 Å². The van der Waals surface area contributed by atoms with Crippen molar-refractivity contribution in [3.8, 4) is 0 Å². The largest absolute Gasteiger partial charge is 0.480 e. The van der Waals surface area contributed by atoms with Crippen LogP contribution in [-0.2, 0) is 9.59 Å². The lowest BCUT2D eigenvalue weighted by atomic mass is 10.4. The number of urea groups is 1. The fourth-order valence-corrected chi connectivity index (χ4v) is 1.59. The summed E-state index contributed by atoms with van der Waals surface area (Å²) in [6, 6.07) is -0.104. The first kappa shape index (κ1) is 13.2. The Morgan fingerprint density at radius 2 is 1.82 bits per heavy atom. The van der Waals surface area contributed by atoms with Crippen molar-refractivity contribution in [3.63, 3.8) is 0 Å². The first-order valence-electron chi connectivity index (χ1n) is 5.07. The van der Waals surface area contributed by atoms with Crippen molar-refractivity contribution in [2.75, 3.05) is 40.5 Å². The molecule has 3 amide bonds. The minimum absolute atomic E-state index is 0.0647. The van der Waals surface area contributed by atoms with Crippen LogP contribution in [0.2, 0.25) is 0 Å². The average molecular weight is 244 g/mol. The smallest absolute Gasteiger partial charge is 0.322 e. The lowest BCUT2D eigenvalue weighted by Crippen LogP contribution is -2.57. The number of hydrogen-bond donors (Lipinski definition) is 2. The maximum atomic E-state index is 11.4. The zero-order valence-electron chi connectivity index (χ0n) is 9.84. The highest BCUT2D eigenvalue weighted by molar-refractivity contribution is 5.82. The van der Waals surface area contributed by atoms with Crippen molar-refractivity contribution in [3.05, 3.63) is 0 Å². The SMILES string of the molecule is CN1CN(CC(=O)NCC(=O)O)CN(C)C1=O. The molecule has 0 aromatic rings. The highest BCUT2D eigenvalue weighted by Crippen LogP contribution is 2.05. The van der Waals surface area contributed by atoms with Gasteiger partial charge in [-0.15, -0.1) is 0 Å². The molecule has 17 heavy (non-hydrogen) atoms. The van der Waals surface area contributed by atoms with Gasteiger partial charge in [-0.3, -0.25) is 14.5 Å². The highest BCUT2D eigenvalue weighted by Gasteiger charge is 2.26. The topological polar surface area (TPSA) is 93.2 Å². The number of carbonyl (C=O) groups excluding carboxylic acids is 2. The molecule has 8 heteroatoms. The molecule has 1 heterocycles. The maximum Gasteiger partial charge on any atom is 0.322 e. The number of carboxylic acids is 1. The normalized spacial score (nSPS) is 17.2. The van der Waals surface area contributed by atoms with Gasteiger partial charge in [0, 0.05) is 14.1 Å². The molecule has 1 fully saturated rings. The second-order valence-electron chi connectivity index (χ2n) is 3.96. The summed E-state index contributed by atoms with van der Waals surface area (Å²) in [7, 11) is 3.28. The molecule has 0 unspecified atom stereocenters. The molecule has 0 bridgehead atoms. The van der Waals surface area contributed by atoms with Crippen LogP contribution in [0.4, 0.5) is 4.79 Å². The minimum atomic E-state index is -1.08. The zero-order valence-corrected chi connectivity index (χ0v) is 9.84. The summed E-state index contributed by atoms with van der Waals surface area (Å²) in [5.41, 5.74) is 0. The number of carboxylic acid groups (broad SMARTS) is 1. The Morgan fingerprint density at radius 3 is 2.29 bits per heavy atom. The molecule has 1 aliphatic heterocycles. The second kappa shape index (κ2) is 5.48. The molecule has 8 nitrogen and oxygen atoms in total. The predicted molar refractivity (Wildman–Crippen MR) is 58.0 cm³/mol. The van der Waals surface area contributed by atoms with Crippen molar-refractivity contribution >= 4 is 17.9 Å².